The van der Waals surface area contributed by atoms with Crippen molar-refractivity contribution >= 4 is 23.2 Å². The Balaban J connectivity index is 1.69. The van der Waals surface area contributed by atoms with E-state index < -0.39 is 49.0 Å². The topological polar surface area (TPSA) is 100 Å². The average molecular weight is 568 g/mol. The minimum atomic E-state index is -4.84. The normalized spacial score (nSPS) is 17.4. The van der Waals surface area contributed by atoms with E-state index in [9.17, 15) is 36.8 Å². The molecule has 2 aromatic heterocycles. The molecule has 2 heterocycles. The summed E-state index contributed by atoms with van der Waals surface area (Å²) in [5.41, 5.74) is 0.468. The highest BCUT2D eigenvalue weighted by atomic mass is 32.1. The molecule has 1 aliphatic rings. The zero-order valence-electron chi connectivity index (χ0n) is 20.4. The van der Waals surface area contributed by atoms with Crippen LogP contribution < -0.4 is 10.1 Å². The van der Waals surface area contributed by atoms with Gasteiger partial charge in [-0.3, -0.25) is 9.59 Å². The largest absolute Gasteiger partial charge is 0.573 e. The smallest absolute Gasteiger partial charge is 0.406 e. The summed E-state index contributed by atoms with van der Waals surface area (Å²) in [6, 6.07) is 8.60. The Morgan fingerprint density at radius 2 is 1.97 bits per heavy atom. The Bertz CT molecular complexity index is 1370. The lowest BCUT2D eigenvalue weighted by molar-refractivity contribution is -0.274. The van der Waals surface area contributed by atoms with Gasteiger partial charge in [0.15, 0.2) is 0 Å². The number of nitrogens with one attached hydrogen (secondary N) is 1. The standard InChI is InChI=1S/C25H22F5N5O3S/c1-2-32-23(36)22(20-8-7-16(10-31)39-20)35(24(37)18-11-34(13-33-18)12-21(26)27)19-9-17(19)14-3-5-15(6-4-14)38-25(28,29)30/h3-8,11,13,17,19,21-22H,2,9,12H2,1H3,(H,32,36)/t17-,19+,22?/m0/s1. The molecule has 0 radical (unpaired) electrons. The number of amides is 2. The third-order valence-corrected chi connectivity index (χ3v) is 7.02. The number of hydrogen-bond acceptors (Lipinski definition) is 6. The molecule has 4 rings (SSSR count). The van der Waals surface area contributed by atoms with E-state index in [1.807, 2.05) is 6.07 Å². The minimum absolute atomic E-state index is 0.151. The van der Waals surface area contributed by atoms with Gasteiger partial charge in [0.25, 0.3) is 12.3 Å². The number of halogens is 5. The third-order valence-electron chi connectivity index (χ3n) is 5.98. The maximum absolute atomic E-state index is 13.8. The molecule has 1 aromatic carbocycles. The number of likely N-dealkylation sites (N-methyl/N-ethyl adjacent to an activating group) is 1. The third kappa shape index (κ3) is 6.72. The summed E-state index contributed by atoms with van der Waals surface area (Å²) in [6.07, 6.45) is -4.86. The number of rotatable bonds is 10. The molecule has 206 valence electrons. The number of aromatic nitrogens is 2. The SMILES string of the molecule is CCNC(=O)C(c1ccc(C#N)s1)N(C(=O)c1cn(CC(F)F)cn1)[C@@H]1C[C@H]1c1ccc(OC(F)(F)F)cc1. The quantitative estimate of drug-likeness (QED) is 0.353. The van der Waals surface area contributed by atoms with Gasteiger partial charge in [-0.05, 0) is 43.2 Å². The van der Waals surface area contributed by atoms with Crippen molar-refractivity contribution < 1.29 is 36.3 Å². The van der Waals surface area contributed by atoms with Crippen molar-refractivity contribution in [2.75, 3.05) is 6.54 Å². The number of hydrogen-bond donors (Lipinski definition) is 1. The van der Waals surface area contributed by atoms with Crippen LogP contribution in [0.1, 0.15) is 51.1 Å². The number of nitrogens with zero attached hydrogens (tertiary/aromatic N) is 4. The van der Waals surface area contributed by atoms with Gasteiger partial charge in [-0.2, -0.15) is 5.26 Å². The Labute approximate surface area is 223 Å². The maximum atomic E-state index is 13.8. The number of ether oxygens (including phenoxy) is 1. The van der Waals surface area contributed by atoms with Gasteiger partial charge in [0.2, 0.25) is 5.91 Å². The molecule has 14 heteroatoms. The molecule has 3 aromatic rings. The van der Waals surface area contributed by atoms with Crippen LogP contribution in [-0.4, -0.2) is 51.6 Å². The zero-order valence-corrected chi connectivity index (χ0v) is 21.2. The summed E-state index contributed by atoms with van der Waals surface area (Å²) in [5, 5.41) is 12.0. The van der Waals surface area contributed by atoms with E-state index in [1.54, 1.807) is 13.0 Å². The molecule has 1 N–H and O–H groups in total. The molecule has 0 spiro atoms. The van der Waals surface area contributed by atoms with E-state index in [0.717, 1.165) is 34.4 Å². The monoisotopic (exact) mass is 567 g/mol. The second kappa shape index (κ2) is 11.4. The highest BCUT2D eigenvalue weighted by Crippen LogP contribution is 2.49. The Morgan fingerprint density at radius 3 is 2.56 bits per heavy atom. The molecular weight excluding hydrogens is 545 g/mol. The number of carbonyl (C=O) groups is 2. The fourth-order valence-corrected chi connectivity index (χ4v) is 5.21. The molecule has 1 aliphatic carbocycles. The van der Waals surface area contributed by atoms with Gasteiger partial charge in [0.05, 0.1) is 12.9 Å². The van der Waals surface area contributed by atoms with Gasteiger partial charge < -0.3 is 19.5 Å². The molecule has 2 amide bonds. The number of thiophene rings is 1. The first kappa shape index (κ1) is 28.0. The fourth-order valence-electron chi connectivity index (χ4n) is 4.31. The number of benzene rings is 1. The predicted octanol–water partition coefficient (Wildman–Crippen LogP) is 4.86. The maximum Gasteiger partial charge on any atom is 0.573 e. The van der Waals surface area contributed by atoms with Gasteiger partial charge in [-0.15, -0.1) is 24.5 Å². The highest BCUT2D eigenvalue weighted by Gasteiger charge is 2.50. The number of nitriles is 1. The van der Waals surface area contributed by atoms with E-state index in [-0.39, 0.29) is 18.2 Å². The minimum Gasteiger partial charge on any atom is -0.406 e. The second-order valence-corrected chi connectivity index (χ2v) is 9.81. The van der Waals surface area contributed by atoms with Crippen LogP contribution in [0.15, 0.2) is 48.9 Å². The van der Waals surface area contributed by atoms with Gasteiger partial charge in [-0.1, -0.05) is 12.1 Å². The number of alkyl halides is 5. The predicted molar refractivity (Wildman–Crippen MR) is 129 cm³/mol. The van der Waals surface area contributed by atoms with Crippen LogP contribution in [-0.2, 0) is 11.3 Å². The van der Waals surface area contributed by atoms with Crippen molar-refractivity contribution in [3.63, 3.8) is 0 Å². The molecule has 1 saturated carbocycles. The molecule has 1 fully saturated rings. The van der Waals surface area contributed by atoms with Crippen LogP contribution in [0.2, 0.25) is 0 Å². The van der Waals surface area contributed by atoms with Gasteiger partial charge >= 0.3 is 6.36 Å². The van der Waals surface area contributed by atoms with E-state index in [1.165, 1.54) is 29.3 Å². The summed E-state index contributed by atoms with van der Waals surface area (Å²) in [4.78, 5) is 33.1. The molecule has 0 saturated heterocycles. The molecule has 0 bridgehead atoms. The number of imidazole rings is 1. The molecule has 39 heavy (non-hydrogen) atoms. The second-order valence-electron chi connectivity index (χ2n) is 8.70. The Kier molecular flexibility index (Phi) is 8.19. The first-order valence-corrected chi connectivity index (χ1v) is 12.6. The molecule has 1 unspecified atom stereocenters. The lowest BCUT2D eigenvalue weighted by Crippen LogP contribution is -2.45. The molecule has 3 atom stereocenters. The zero-order chi connectivity index (χ0) is 28.3. The molecule has 0 aliphatic heterocycles. The van der Waals surface area contributed by atoms with Crippen molar-refractivity contribution in [2.24, 2.45) is 0 Å². The average Bonchev–Trinajstić information content (AvgIpc) is 3.26. The Morgan fingerprint density at radius 1 is 1.26 bits per heavy atom. The summed E-state index contributed by atoms with van der Waals surface area (Å²) < 4.78 is 68.4. The summed E-state index contributed by atoms with van der Waals surface area (Å²) in [5.74, 6) is -1.92. The van der Waals surface area contributed by atoms with Crippen molar-refractivity contribution in [1.29, 1.82) is 5.26 Å². The van der Waals surface area contributed by atoms with E-state index in [4.69, 9.17) is 0 Å². The summed E-state index contributed by atoms with van der Waals surface area (Å²) in [7, 11) is 0. The van der Waals surface area contributed by atoms with E-state index in [0.29, 0.717) is 21.7 Å². The fraction of sp³-hybridized carbons (Fsp3) is 0.360. The van der Waals surface area contributed by atoms with Crippen molar-refractivity contribution in [3.8, 4) is 11.8 Å². The van der Waals surface area contributed by atoms with E-state index >= 15 is 0 Å². The van der Waals surface area contributed by atoms with Gasteiger partial charge in [0, 0.05) is 29.6 Å². The van der Waals surface area contributed by atoms with Crippen LogP contribution >= 0.6 is 11.3 Å². The van der Waals surface area contributed by atoms with Crippen molar-refractivity contribution in [3.05, 3.63) is 69.9 Å². The van der Waals surface area contributed by atoms with E-state index in [2.05, 4.69) is 15.0 Å². The van der Waals surface area contributed by atoms with Crippen molar-refractivity contribution in [2.45, 2.75) is 50.7 Å². The Hall–Kier alpha value is -3.99. The summed E-state index contributed by atoms with van der Waals surface area (Å²) in [6.45, 7) is 1.28. The lowest BCUT2D eigenvalue weighted by Gasteiger charge is -2.30. The van der Waals surface area contributed by atoms with Gasteiger partial charge in [-0.25, -0.2) is 13.8 Å². The summed E-state index contributed by atoms with van der Waals surface area (Å²) >= 11 is 1.04. The van der Waals surface area contributed by atoms with Crippen molar-refractivity contribution in [1.82, 2.24) is 19.8 Å². The molecule has 8 nitrogen and oxygen atoms in total. The first-order valence-electron chi connectivity index (χ1n) is 11.8. The lowest BCUT2D eigenvalue weighted by atomic mass is 10.1. The highest BCUT2D eigenvalue weighted by molar-refractivity contribution is 7.12. The van der Waals surface area contributed by atoms with Crippen LogP contribution in [0.4, 0.5) is 22.0 Å². The van der Waals surface area contributed by atoms with Crippen LogP contribution in [0.5, 0.6) is 5.75 Å². The van der Waals surface area contributed by atoms with Gasteiger partial charge in [0.1, 0.15) is 28.4 Å². The van der Waals surface area contributed by atoms with Crippen LogP contribution in [0.25, 0.3) is 0 Å². The molecular formula is C25H22F5N5O3S. The first-order chi connectivity index (χ1) is 18.5. The van der Waals surface area contributed by atoms with Crippen LogP contribution in [0, 0.1) is 11.3 Å². The van der Waals surface area contributed by atoms with Crippen LogP contribution in [0.3, 0.4) is 0 Å². The number of carbonyl (C=O) groups excluding carboxylic acids is 2.